The van der Waals surface area contributed by atoms with Crippen LogP contribution in [-0.4, -0.2) is 65.1 Å². The summed E-state index contributed by atoms with van der Waals surface area (Å²) < 4.78 is 12.8. The number of pyridine rings is 1. The summed E-state index contributed by atoms with van der Waals surface area (Å²) in [4.78, 5) is 6.61. The van der Waals surface area contributed by atoms with E-state index in [4.69, 9.17) is 14.6 Å². The van der Waals surface area contributed by atoms with Gasteiger partial charge in [0.2, 0.25) is 5.95 Å². The van der Waals surface area contributed by atoms with Crippen molar-refractivity contribution in [1.82, 2.24) is 19.5 Å². The Balaban J connectivity index is 1.44. The third kappa shape index (κ3) is 5.16. The molecule has 0 aliphatic rings. The van der Waals surface area contributed by atoms with Crippen LogP contribution in [0.4, 0.5) is 11.6 Å². The smallest absolute Gasteiger partial charge is 0.247 e. The van der Waals surface area contributed by atoms with Crippen LogP contribution in [0.15, 0.2) is 66.7 Å². The molecule has 0 saturated heterocycles. The Bertz CT molecular complexity index is 1140. The lowest BCUT2D eigenvalue weighted by Crippen LogP contribution is -2.27. The number of benzene rings is 2. The maximum Gasteiger partial charge on any atom is 0.247 e. The number of anilines is 2. The van der Waals surface area contributed by atoms with E-state index in [1.165, 1.54) is 0 Å². The second-order valence-electron chi connectivity index (χ2n) is 7.37. The zero-order valence-corrected chi connectivity index (χ0v) is 18.2. The first-order valence-corrected chi connectivity index (χ1v) is 10.5. The number of nitrogens with one attached hydrogen (secondary N) is 1. The Hall–Kier alpha value is -3.62. The van der Waals surface area contributed by atoms with Crippen LogP contribution in [0.3, 0.4) is 0 Å². The van der Waals surface area contributed by atoms with Crippen molar-refractivity contribution in [2.24, 2.45) is 0 Å². The fraction of sp³-hybridized carbons (Fsp3) is 0.250. The van der Waals surface area contributed by atoms with Crippen molar-refractivity contribution in [3.63, 3.8) is 0 Å². The van der Waals surface area contributed by atoms with Crippen molar-refractivity contribution in [2.75, 3.05) is 45.8 Å². The van der Waals surface area contributed by atoms with Crippen molar-refractivity contribution in [3.05, 3.63) is 66.7 Å². The molecule has 2 aromatic heterocycles. The molecule has 0 bridgehead atoms. The molecule has 0 saturated carbocycles. The SMILES string of the molecule is COc1ccc(-c2cccc3nc(Nc4ccc(OCCN(C)CCO)cc4)nn23)cc1. The molecule has 2 heterocycles. The summed E-state index contributed by atoms with van der Waals surface area (Å²) in [6, 6.07) is 21.5. The van der Waals surface area contributed by atoms with Crippen LogP contribution < -0.4 is 14.8 Å². The minimum absolute atomic E-state index is 0.148. The Morgan fingerprint density at radius 3 is 2.44 bits per heavy atom. The molecule has 2 aromatic carbocycles. The lowest BCUT2D eigenvalue weighted by Gasteiger charge is -2.15. The summed E-state index contributed by atoms with van der Waals surface area (Å²) in [6.45, 7) is 2.10. The number of aliphatic hydroxyl groups is 1. The van der Waals surface area contributed by atoms with E-state index < -0.39 is 0 Å². The van der Waals surface area contributed by atoms with Crippen LogP contribution in [0.5, 0.6) is 11.5 Å². The van der Waals surface area contributed by atoms with Gasteiger partial charge in [0.05, 0.1) is 19.4 Å². The number of hydrogen-bond donors (Lipinski definition) is 2. The summed E-state index contributed by atoms with van der Waals surface area (Å²) >= 11 is 0. The average molecular weight is 434 g/mol. The quantitative estimate of drug-likeness (QED) is 0.396. The largest absolute Gasteiger partial charge is 0.497 e. The first-order chi connectivity index (χ1) is 15.7. The first kappa shape index (κ1) is 21.6. The van der Waals surface area contributed by atoms with Crippen molar-refractivity contribution in [3.8, 4) is 22.8 Å². The Morgan fingerprint density at radius 1 is 0.969 bits per heavy atom. The average Bonchev–Trinajstić information content (AvgIpc) is 3.23. The highest BCUT2D eigenvalue weighted by Crippen LogP contribution is 2.24. The van der Waals surface area contributed by atoms with Gasteiger partial charge in [-0.25, -0.2) is 4.52 Å². The van der Waals surface area contributed by atoms with Crippen LogP contribution in [-0.2, 0) is 0 Å². The Labute approximate surface area is 187 Å². The van der Waals surface area contributed by atoms with Crippen LogP contribution >= 0.6 is 0 Å². The minimum Gasteiger partial charge on any atom is -0.497 e. The van der Waals surface area contributed by atoms with Gasteiger partial charge >= 0.3 is 0 Å². The van der Waals surface area contributed by atoms with Crippen molar-refractivity contribution < 1.29 is 14.6 Å². The molecule has 0 fully saturated rings. The zero-order valence-electron chi connectivity index (χ0n) is 18.2. The molecule has 0 unspecified atom stereocenters. The third-order valence-corrected chi connectivity index (χ3v) is 5.08. The monoisotopic (exact) mass is 433 g/mol. The number of fused-ring (bicyclic) bond motifs is 1. The predicted molar refractivity (Wildman–Crippen MR) is 125 cm³/mol. The van der Waals surface area contributed by atoms with Crippen LogP contribution in [0.1, 0.15) is 0 Å². The van der Waals surface area contributed by atoms with E-state index in [0.717, 1.165) is 40.6 Å². The predicted octanol–water partition coefficient (Wildman–Crippen LogP) is 3.45. The van der Waals surface area contributed by atoms with Crippen molar-refractivity contribution >= 4 is 17.3 Å². The topological polar surface area (TPSA) is 84.1 Å². The third-order valence-electron chi connectivity index (χ3n) is 5.08. The highest BCUT2D eigenvalue weighted by Gasteiger charge is 2.09. The van der Waals surface area contributed by atoms with Crippen molar-refractivity contribution in [1.29, 1.82) is 0 Å². The van der Waals surface area contributed by atoms with E-state index >= 15 is 0 Å². The Kier molecular flexibility index (Phi) is 6.84. The molecule has 0 aliphatic carbocycles. The van der Waals surface area contributed by atoms with Gasteiger partial charge in [-0.2, -0.15) is 4.98 Å². The van der Waals surface area contributed by atoms with E-state index in [1.807, 2.05) is 83.2 Å². The highest BCUT2D eigenvalue weighted by molar-refractivity contribution is 5.65. The van der Waals surface area contributed by atoms with Gasteiger partial charge < -0.3 is 24.8 Å². The molecule has 0 radical (unpaired) electrons. The highest BCUT2D eigenvalue weighted by atomic mass is 16.5. The van der Waals surface area contributed by atoms with Crippen LogP contribution in [0, 0.1) is 0 Å². The zero-order chi connectivity index (χ0) is 22.3. The number of likely N-dealkylation sites (N-methyl/N-ethyl adjacent to an activating group) is 1. The summed E-state index contributed by atoms with van der Waals surface area (Å²) in [5.41, 5.74) is 3.60. The van der Waals surface area contributed by atoms with Gasteiger partial charge in [-0.3, -0.25) is 0 Å². The standard InChI is InChI=1S/C24H27N5O3/c1-28(14-16-30)15-17-32-21-12-8-19(9-13-21)25-24-26-23-5-3-4-22(29(23)27-24)18-6-10-20(31-2)11-7-18/h3-13,30H,14-17H2,1-2H3,(H,25,27). The molecule has 4 rings (SSSR count). The number of hydrogen-bond acceptors (Lipinski definition) is 7. The molecular formula is C24H27N5O3. The van der Waals surface area contributed by atoms with Crippen molar-refractivity contribution in [2.45, 2.75) is 0 Å². The number of aliphatic hydroxyl groups excluding tert-OH is 1. The second kappa shape index (κ2) is 10.1. The van der Waals surface area contributed by atoms with Gasteiger partial charge in [0, 0.05) is 24.3 Å². The van der Waals surface area contributed by atoms with Gasteiger partial charge in [0.15, 0.2) is 5.65 Å². The van der Waals surface area contributed by atoms with Gasteiger partial charge in [-0.15, -0.1) is 5.10 Å². The normalized spacial score (nSPS) is 11.1. The number of nitrogens with zero attached hydrogens (tertiary/aromatic N) is 4. The molecule has 2 N–H and O–H groups in total. The lowest BCUT2D eigenvalue weighted by molar-refractivity contribution is 0.192. The van der Waals surface area contributed by atoms with E-state index in [-0.39, 0.29) is 6.61 Å². The van der Waals surface area contributed by atoms with E-state index in [9.17, 15) is 0 Å². The number of ether oxygens (including phenoxy) is 2. The fourth-order valence-corrected chi connectivity index (χ4v) is 3.30. The van der Waals surface area contributed by atoms with Gasteiger partial charge in [0.25, 0.3) is 0 Å². The Morgan fingerprint density at radius 2 is 1.72 bits per heavy atom. The molecule has 166 valence electrons. The molecule has 8 nitrogen and oxygen atoms in total. The lowest BCUT2D eigenvalue weighted by atomic mass is 10.1. The van der Waals surface area contributed by atoms with E-state index in [1.54, 1.807) is 7.11 Å². The maximum absolute atomic E-state index is 8.94. The van der Waals surface area contributed by atoms with Gasteiger partial charge in [-0.1, -0.05) is 6.07 Å². The maximum atomic E-state index is 8.94. The molecular weight excluding hydrogens is 406 g/mol. The summed E-state index contributed by atoms with van der Waals surface area (Å²) in [5, 5.41) is 16.8. The molecule has 8 heteroatoms. The van der Waals surface area contributed by atoms with E-state index in [2.05, 4.69) is 15.4 Å². The minimum atomic E-state index is 0.148. The molecule has 0 amide bonds. The molecule has 0 atom stereocenters. The summed E-state index contributed by atoms with van der Waals surface area (Å²) in [6.07, 6.45) is 0. The fourth-order valence-electron chi connectivity index (χ4n) is 3.30. The molecule has 0 spiro atoms. The number of rotatable bonds is 10. The summed E-state index contributed by atoms with van der Waals surface area (Å²) in [5.74, 6) is 2.12. The molecule has 4 aromatic rings. The van der Waals surface area contributed by atoms with Gasteiger partial charge in [0.1, 0.15) is 18.1 Å². The van der Waals surface area contributed by atoms with Crippen LogP contribution in [0.2, 0.25) is 0 Å². The van der Waals surface area contributed by atoms with E-state index in [0.29, 0.717) is 19.1 Å². The molecule has 32 heavy (non-hydrogen) atoms. The van der Waals surface area contributed by atoms with Crippen LogP contribution in [0.25, 0.3) is 16.9 Å². The number of methoxy groups -OCH3 is 1. The summed E-state index contributed by atoms with van der Waals surface area (Å²) in [7, 11) is 3.61. The second-order valence-corrected chi connectivity index (χ2v) is 7.37. The molecule has 0 aliphatic heterocycles. The number of aromatic nitrogens is 3. The first-order valence-electron chi connectivity index (χ1n) is 10.5. The van der Waals surface area contributed by atoms with Gasteiger partial charge in [-0.05, 0) is 67.7 Å².